The van der Waals surface area contributed by atoms with Crippen molar-refractivity contribution in [1.82, 2.24) is 5.32 Å². The van der Waals surface area contributed by atoms with E-state index in [1.807, 2.05) is 32.9 Å². The molecule has 0 radical (unpaired) electrons. The van der Waals surface area contributed by atoms with Crippen molar-refractivity contribution in [2.24, 2.45) is 5.14 Å². The molecule has 5 nitrogen and oxygen atoms in total. The van der Waals surface area contributed by atoms with Gasteiger partial charge in [-0.3, -0.25) is 4.79 Å². The van der Waals surface area contributed by atoms with Gasteiger partial charge in [0.15, 0.2) is 0 Å². The van der Waals surface area contributed by atoms with E-state index in [1.165, 1.54) is 0 Å². The Morgan fingerprint density at radius 2 is 1.72 bits per heavy atom. The van der Waals surface area contributed by atoms with Crippen molar-refractivity contribution in [3.63, 3.8) is 0 Å². The molecule has 0 bridgehead atoms. The zero-order chi connectivity index (χ0) is 13.9. The number of hydrogen-bond acceptors (Lipinski definition) is 3. The molecule has 0 unspecified atom stereocenters. The van der Waals surface area contributed by atoms with Crippen molar-refractivity contribution in [3.8, 4) is 0 Å². The van der Waals surface area contributed by atoms with E-state index in [4.69, 9.17) is 5.14 Å². The topological polar surface area (TPSA) is 89.3 Å². The van der Waals surface area contributed by atoms with Crippen LogP contribution in [0.5, 0.6) is 0 Å². The summed E-state index contributed by atoms with van der Waals surface area (Å²) in [5.74, 6) is -0.531. The molecule has 1 aromatic rings. The second-order valence-electron chi connectivity index (χ2n) is 4.40. The van der Waals surface area contributed by atoms with Crippen LogP contribution in [0.25, 0.3) is 0 Å². The molecule has 0 spiro atoms. The third kappa shape index (κ3) is 4.12. The maximum Gasteiger partial charge on any atom is 0.251 e. The van der Waals surface area contributed by atoms with E-state index >= 15 is 0 Å². The molecular formula is C12H18N2O3S. The first kappa shape index (κ1) is 14.7. The van der Waals surface area contributed by atoms with Gasteiger partial charge >= 0.3 is 0 Å². The molecule has 0 saturated heterocycles. The highest BCUT2D eigenvalue weighted by Gasteiger charge is 2.13. The number of sulfonamides is 1. The van der Waals surface area contributed by atoms with Gasteiger partial charge in [0.1, 0.15) is 0 Å². The Morgan fingerprint density at radius 1 is 1.22 bits per heavy atom. The van der Waals surface area contributed by atoms with Crippen LogP contribution in [-0.4, -0.2) is 26.6 Å². The van der Waals surface area contributed by atoms with Crippen molar-refractivity contribution >= 4 is 15.9 Å². The Bertz CT molecular complexity index is 542. The first-order valence-electron chi connectivity index (χ1n) is 5.57. The summed E-state index contributed by atoms with van der Waals surface area (Å²) in [6.07, 6.45) is 0. The van der Waals surface area contributed by atoms with E-state index in [2.05, 4.69) is 5.32 Å². The van der Waals surface area contributed by atoms with E-state index in [0.717, 1.165) is 16.7 Å². The van der Waals surface area contributed by atoms with Crippen LogP contribution in [0.15, 0.2) is 12.1 Å². The average molecular weight is 270 g/mol. The van der Waals surface area contributed by atoms with Gasteiger partial charge < -0.3 is 5.32 Å². The van der Waals surface area contributed by atoms with Crippen LogP contribution in [0.3, 0.4) is 0 Å². The van der Waals surface area contributed by atoms with Crippen LogP contribution in [0.1, 0.15) is 27.0 Å². The van der Waals surface area contributed by atoms with E-state index in [0.29, 0.717) is 5.56 Å². The SMILES string of the molecule is Cc1cc(C)c(C(=O)NCCS(N)(=O)=O)c(C)c1. The quantitative estimate of drug-likeness (QED) is 0.841. The third-order valence-corrected chi connectivity index (χ3v) is 3.35. The van der Waals surface area contributed by atoms with Gasteiger partial charge in [-0.25, -0.2) is 13.6 Å². The number of amides is 1. The lowest BCUT2D eigenvalue weighted by Gasteiger charge is -2.11. The highest BCUT2D eigenvalue weighted by molar-refractivity contribution is 7.89. The molecule has 0 atom stereocenters. The standard InChI is InChI=1S/C12H18N2O3S/c1-8-6-9(2)11(10(3)7-8)12(15)14-4-5-18(13,16)17/h6-7H,4-5H2,1-3H3,(H,14,15)(H2,13,16,17). The molecule has 18 heavy (non-hydrogen) atoms. The molecule has 0 aliphatic rings. The highest BCUT2D eigenvalue weighted by atomic mass is 32.2. The van der Waals surface area contributed by atoms with Crippen molar-refractivity contribution < 1.29 is 13.2 Å². The van der Waals surface area contributed by atoms with Gasteiger partial charge in [-0.2, -0.15) is 0 Å². The van der Waals surface area contributed by atoms with Crippen molar-refractivity contribution in [2.75, 3.05) is 12.3 Å². The number of carbonyl (C=O) groups excluding carboxylic acids is 1. The Hall–Kier alpha value is -1.40. The van der Waals surface area contributed by atoms with Crippen LogP contribution in [0.4, 0.5) is 0 Å². The van der Waals surface area contributed by atoms with Crippen LogP contribution in [0.2, 0.25) is 0 Å². The lowest BCUT2D eigenvalue weighted by atomic mass is 9.99. The predicted molar refractivity (Wildman–Crippen MR) is 71.0 cm³/mol. The summed E-state index contributed by atoms with van der Waals surface area (Å²) in [6, 6.07) is 3.84. The van der Waals surface area contributed by atoms with Crippen LogP contribution >= 0.6 is 0 Å². The fraction of sp³-hybridized carbons (Fsp3) is 0.417. The first-order valence-corrected chi connectivity index (χ1v) is 7.29. The fourth-order valence-electron chi connectivity index (χ4n) is 1.93. The highest BCUT2D eigenvalue weighted by Crippen LogP contribution is 2.15. The van der Waals surface area contributed by atoms with E-state index in [1.54, 1.807) is 0 Å². The second kappa shape index (κ2) is 5.49. The van der Waals surface area contributed by atoms with Crippen molar-refractivity contribution in [1.29, 1.82) is 0 Å². The largest absolute Gasteiger partial charge is 0.351 e. The zero-order valence-electron chi connectivity index (χ0n) is 10.8. The van der Waals surface area contributed by atoms with E-state index in [9.17, 15) is 13.2 Å². The number of nitrogens with one attached hydrogen (secondary N) is 1. The molecule has 0 aliphatic heterocycles. The molecule has 0 heterocycles. The molecule has 1 amide bonds. The number of hydrogen-bond donors (Lipinski definition) is 2. The number of benzene rings is 1. The Labute approximate surface area is 107 Å². The lowest BCUT2D eigenvalue weighted by Crippen LogP contribution is -2.32. The maximum absolute atomic E-state index is 11.9. The molecule has 0 fully saturated rings. The van der Waals surface area contributed by atoms with Gasteiger partial charge in [-0.1, -0.05) is 17.7 Å². The summed E-state index contributed by atoms with van der Waals surface area (Å²) in [5, 5.41) is 7.42. The summed E-state index contributed by atoms with van der Waals surface area (Å²) in [7, 11) is -3.54. The van der Waals surface area contributed by atoms with Gasteiger partial charge in [-0.15, -0.1) is 0 Å². The van der Waals surface area contributed by atoms with Crippen LogP contribution in [-0.2, 0) is 10.0 Å². The van der Waals surface area contributed by atoms with Gasteiger partial charge in [0.2, 0.25) is 10.0 Å². The summed E-state index contributed by atoms with van der Waals surface area (Å²) < 4.78 is 21.5. The number of rotatable bonds is 4. The molecular weight excluding hydrogens is 252 g/mol. The smallest absolute Gasteiger partial charge is 0.251 e. The van der Waals surface area contributed by atoms with Gasteiger partial charge in [-0.05, 0) is 31.9 Å². The Kier molecular flexibility index (Phi) is 4.48. The minimum atomic E-state index is -3.54. The summed E-state index contributed by atoms with van der Waals surface area (Å²) in [6.45, 7) is 5.69. The molecule has 100 valence electrons. The lowest BCUT2D eigenvalue weighted by molar-refractivity contribution is 0.0955. The minimum Gasteiger partial charge on any atom is -0.351 e. The van der Waals surface area contributed by atoms with Crippen LogP contribution in [0, 0.1) is 20.8 Å². The normalized spacial score (nSPS) is 11.3. The minimum absolute atomic E-state index is 0.0183. The predicted octanol–water partition coefficient (Wildman–Crippen LogP) is 0.630. The Morgan fingerprint density at radius 3 is 2.17 bits per heavy atom. The van der Waals surface area contributed by atoms with Gasteiger partial charge in [0.05, 0.1) is 5.75 Å². The summed E-state index contributed by atoms with van der Waals surface area (Å²) in [5.41, 5.74) is 3.43. The van der Waals surface area contributed by atoms with Crippen LogP contribution < -0.4 is 10.5 Å². The first-order chi connectivity index (χ1) is 8.20. The summed E-state index contributed by atoms with van der Waals surface area (Å²) in [4.78, 5) is 11.9. The van der Waals surface area contributed by atoms with Crippen molar-refractivity contribution in [3.05, 3.63) is 34.4 Å². The zero-order valence-corrected chi connectivity index (χ0v) is 11.6. The van der Waals surface area contributed by atoms with E-state index < -0.39 is 10.0 Å². The fourth-order valence-corrected chi connectivity index (χ4v) is 2.32. The van der Waals surface area contributed by atoms with Gasteiger partial charge in [0, 0.05) is 12.1 Å². The molecule has 3 N–H and O–H groups in total. The number of primary sulfonamides is 1. The monoisotopic (exact) mass is 270 g/mol. The number of carbonyl (C=O) groups is 1. The second-order valence-corrected chi connectivity index (χ2v) is 6.13. The third-order valence-electron chi connectivity index (χ3n) is 2.58. The molecule has 6 heteroatoms. The Balaban J connectivity index is 2.80. The van der Waals surface area contributed by atoms with Crippen molar-refractivity contribution in [2.45, 2.75) is 20.8 Å². The van der Waals surface area contributed by atoms with Gasteiger partial charge in [0.25, 0.3) is 5.91 Å². The molecule has 1 aromatic carbocycles. The average Bonchev–Trinajstić information content (AvgIpc) is 2.13. The maximum atomic E-state index is 11.9. The van der Waals surface area contributed by atoms with E-state index in [-0.39, 0.29) is 18.2 Å². The molecule has 0 aromatic heterocycles. The molecule has 0 aliphatic carbocycles. The number of nitrogens with two attached hydrogens (primary N) is 1. The molecule has 0 saturated carbocycles. The molecule has 1 rings (SSSR count). The summed E-state index contributed by atoms with van der Waals surface area (Å²) >= 11 is 0. The number of aryl methyl sites for hydroxylation is 3.